The minimum atomic E-state index is -0.361. The maximum atomic E-state index is 12.3. The van der Waals surface area contributed by atoms with Gasteiger partial charge in [0.15, 0.2) is 0 Å². The van der Waals surface area contributed by atoms with E-state index < -0.39 is 0 Å². The molecule has 0 saturated carbocycles. The van der Waals surface area contributed by atoms with Crippen molar-refractivity contribution in [3.8, 4) is 5.75 Å². The Morgan fingerprint density at radius 1 is 1.52 bits per heavy atom. The van der Waals surface area contributed by atoms with Gasteiger partial charge in [0.25, 0.3) is 0 Å². The quantitative estimate of drug-likeness (QED) is 0.881. The molecule has 1 atom stereocenters. The molecule has 6 heteroatoms. The minimum Gasteiger partial charge on any atom is -0.497 e. The average molecular weight is 291 g/mol. The highest BCUT2D eigenvalue weighted by atomic mass is 16.5. The molecule has 0 unspecified atom stereocenters. The van der Waals surface area contributed by atoms with Crippen LogP contribution in [0.1, 0.15) is 12.5 Å². The molecular formula is C15H21N3O3. The van der Waals surface area contributed by atoms with E-state index in [9.17, 15) is 9.59 Å². The lowest BCUT2D eigenvalue weighted by molar-refractivity contribution is -0.132. The van der Waals surface area contributed by atoms with Crippen molar-refractivity contribution in [2.45, 2.75) is 19.5 Å². The lowest BCUT2D eigenvalue weighted by Gasteiger charge is -2.26. The van der Waals surface area contributed by atoms with E-state index in [0.29, 0.717) is 19.6 Å². The first kappa shape index (κ1) is 15.3. The summed E-state index contributed by atoms with van der Waals surface area (Å²) in [6, 6.07) is 7.06. The number of carbonyl (C=O) groups is 2. The summed E-state index contributed by atoms with van der Waals surface area (Å²) in [4.78, 5) is 27.0. The summed E-state index contributed by atoms with van der Waals surface area (Å²) in [7, 11) is 3.50. The zero-order valence-corrected chi connectivity index (χ0v) is 12.6. The van der Waals surface area contributed by atoms with Crippen LogP contribution in [-0.2, 0) is 11.3 Å². The van der Waals surface area contributed by atoms with Crippen LogP contribution in [0.15, 0.2) is 24.3 Å². The molecule has 0 radical (unpaired) electrons. The molecule has 2 rings (SSSR count). The Hall–Kier alpha value is -2.08. The number of hydrogen-bond acceptors (Lipinski definition) is 4. The number of rotatable bonds is 5. The Bertz CT molecular complexity index is 533. The molecule has 1 heterocycles. The second-order valence-electron chi connectivity index (χ2n) is 5.16. The number of imide groups is 1. The molecule has 0 aromatic heterocycles. The first-order valence-electron chi connectivity index (χ1n) is 6.95. The van der Waals surface area contributed by atoms with E-state index in [-0.39, 0.29) is 18.0 Å². The van der Waals surface area contributed by atoms with E-state index in [1.54, 1.807) is 7.11 Å². The Morgan fingerprint density at radius 2 is 2.29 bits per heavy atom. The number of benzene rings is 1. The van der Waals surface area contributed by atoms with Crippen molar-refractivity contribution in [3.05, 3.63) is 29.8 Å². The van der Waals surface area contributed by atoms with Crippen LogP contribution < -0.4 is 10.1 Å². The zero-order valence-electron chi connectivity index (χ0n) is 12.6. The number of methoxy groups -OCH3 is 1. The number of amides is 3. The van der Waals surface area contributed by atoms with Crippen molar-refractivity contribution in [2.24, 2.45) is 0 Å². The summed E-state index contributed by atoms with van der Waals surface area (Å²) in [5.74, 6) is 0.620. The van der Waals surface area contributed by atoms with Gasteiger partial charge in [-0.05, 0) is 31.7 Å². The molecule has 114 valence electrons. The van der Waals surface area contributed by atoms with Crippen molar-refractivity contribution in [1.29, 1.82) is 0 Å². The molecule has 0 aliphatic carbocycles. The highest BCUT2D eigenvalue weighted by Crippen LogP contribution is 2.15. The van der Waals surface area contributed by atoms with E-state index in [2.05, 4.69) is 5.32 Å². The number of carbonyl (C=O) groups excluding carboxylic acids is 2. The Morgan fingerprint density at radius 3 is 2.90 bits per heavy atom. The highest BCUT2D eigenvalue weighted by Gasteiger charge is 2.31. The predicted octanol–water partition coefficient (Wildman–Crippen LogP) is 1.07. The lowest BCUT2D eigenvalue weighted by atomic mass is 10.1. The first-order chi connectivity index (χ1) is 10.0. The predicted molar refractivity (Wildman–Crippen MR) is 79.0 cm³/mol. The van der Waals surface area contributed by atoms with E-state index in [1.165, 1.54) is 4.90 Å². The molecule has 21 heavy (non-hydrogen) atoms. The van der Waals surface area contributed by atoms with E-state index >= 15 is 0 Å². The highest BCUT2D eigenvalue weighted by molar-refractivity contribution is 5.98. The number of hydrogen-bond donors (Lipinski definition) is 1. The molecule has 1 N–H and O–H groups in total. The summed E-state index contributed by atoms with van der Waals surface area (Å²) in [6.07, 6.45) is 0. The second kappa shape index (κ2) is 6.58. The smallest absolute Gasteiger partial charge is 0.324 e. The normalized spacial score (nSPS) is 16.0. The van der Waals surface area contributed by atoms with Crippen LogP contribution in [0.5, 0.6) is 5.75 Å². The van der Waals surface area contributed by atoms with Gasteiger partial charge in [-0.15, -0.1) is 0 Å². The number of likely N-dealkylation sites (N-methyl/N-ethyl adjacent to an activating group) is 1. The maximum absolute atomic E-state index is 12.3. The van der Waals surface area contributed by atoms with Crippen LogP contribution in [-0.4, -0.2) is 55.0 Å². The van der Waals surface area contributed by atoms with Gasteiger partial charge in [0.2, 0.25) is 5.91 Å². The molecule has 1 aromatic rings. The molecule has 1 aliphatic heterocycles. The molecule has 1 aromatic carbocycles. The Labute approximate surface area is 124 Å². The van der Waals surface area contributed by atoms with Crippen LogP contribution in [0.2, 0.25) is 0 Å². The fourth-order valence-electron chi connectivity index (χ4n) is 2.29. The fraction of sp³-hybridized carbons (Fsp3) is 0.467. The average Bonchev–Trinajstić information content (AvgIpc) is 2.92. The van der Waals surface area contributed by atoms with Crippen LogP contribution in [0.25, 0.3) is 0 Å². The van der Waals surface area contributed by atoms with Crippen molar-refractivity contribution >= 4 is 11.9 Å². The standard InChI is InChI=1S/C15H21N3O3/c1-11(14(19)18-8-7-16-15(18)20)17(2)10-12-5-4-6-13(9-12)21-3/h4-6,9,11H,7-8,10H2,1-3H3,(H,16,20)/t11-/m0/s1. The third kappa shape index (κ3) is 3.52. The summed E-state index contributed by atoms with van der Waals surface area (Å²) in [6.45, 7) is 3.39. The van der Waals surface area contributed by atoms with E-state index in [1.807, 2.05) is 43.1 Å². The summed E-state index contributed by atoms with van der Waals surface area (Å²) in [5.41, 5.74) is 1.06. The van der Waals surface area contributed by atoms with Crippen molar-refractivity contribution in [3.63, 3.8) is 0 Å². The monoisotopic (exact) mass is 291 g/mol. The molecule has 1 aliphatic rings. The SMILES string of the molecule is COc1cccc(CN(C)[C@@H](C)C(=O)N2CCNC2=O)c1. The zero-order chi connectivity index (χ0) is 15.4. The lowest BCUT2D eigenvalue weighted by Crippen LogP contribution is -2.46. The second-order valence-corrected chi connectivity index (χ2v) is 5.16. The van der Waals surface area contributed by atoms with Gasteiger partial charge in [-0.25, -0.2) is 4.79 Å². The summed E-state index contributed by atoms with van der Waals surface area (Å²) >= 11 is 0. The maximum Gasteiger partial charge on any atom is 0.324 e. The number of nitrogens with one attached hydrogen (secondary N) is 1. The third-order valence-electron chi connectivity index (χ3n) is 3.71. The van der Waals surface area contributed by atoms with Crippen molar-refractivity contribution < 1.29 is 14.3 Å². The van der Waals surface area contributed by atoms with Crippen LogP contribution in [0.3, 0.4) is 0 Å². The van der Waals surface area contributed by atoms with Gasteiger partial charge in [0.1, 0.15) is 5.75 Å². The molecule has 6 nitrogen and oxygen atoms in total. The summed E-state index contributed by atoms with van der Waals surface area (Å²) in [5, 5.41) is 2.64. The molecule has 1 fully saturated rings. The van der Waals surface area contributed by atoms with Gasteiger partial charge in [0.05, 0.1) is 13.2 Å². The van der Waals surface area contributed by atoms with Gasteiger partial charge in [0, 0.05) is 19.6 Å². The fourth-order valence-corrected chi connectivity index (χ4v) is 2.29. The third-order valence-corrected chi connectivity index (χ3v) is 3.71. The summed E-state index contributed by atoms with van der Waals surface area (Å²) < 4.78 is 5.19. The number of urea groups is 1. The van der Waals surface area contributed by atoms with Crippen molar-refractivity contribution in [1.82, 2.24) is 15.1 Å². The molecule has 0 spiro atoms. The Balaban J connectivity index is 1.99. The van der Waals surface area contributed by atoms with Gasteiger partial charge in [-0.1, -0.05) is 12.1 Å². The van der Waals surface area contributed by atoms with Gasteiger partial charge in [-0.3, -0.25) is 14.6 Å². The topological polar surface area (TPSA) is 61.9 Å². The van der Waals surface area contributed by atoms with Gasteiger partial charge >= 0.3 is 6.03 Å². The van der Waals surface area contributed by atoms with Crippen LogP contribution in [0, 0.1) is 0 Å². The molecular weight excluding hydrogens is 270 g/mol. The minimum absolute atomic E-state index is 0.171. The largest absolute Gasteiger partial charge is 0.497 e. The molecule has 1 saturated heterocycles. The Kier molecular flexibility index (Phi) is 4.80. The van der Waals surface area contributed by atoms with Gasteiger partial charge < -0.3 is 10.1 Å². The van der Waals surface area contributed by atoms with E-state index in [0.717, 1.165) is 11.3 Å². The number of ether oxygens (including phenoxy) is 1. The molecule has 0 bridgehead atoms. The number of nitrogens with zero attached hydrogens (tertiary/aromatic N) is 2. The van der Waals surface area contributed by atoms with Crippen LogP contribution in [0.4, 0.5) is 4.79 Å². The van der Waals surface area contributed by atoms with E-state index in [4.69, 9.17) is 4.74 Å². The first-order valence-corrected chi connectivity index (χ1v) is 6.95. The van der Waals surface area contributed by atoms with Crippen LogP contribution >= 0.6 is 0 Å². The van der Waals surface area contributed by atoms with Crippen molar-refractivity contribution in [2.75, 3.05) is 27.2 Å². The molecule has 3 amide bonds. The van der Waals surface area contributed by atoms with Gasteiger partial charge in [-0.2, -0.15) is 0 Å².